The van der Waals surface area contributed by atoms with E-state index in [0.717, 1.165) is 49.7 Å². The third-order valence-corrected chi connectivity index (χ3v) is 5.51. The lowest BCUT2D eigenvalue weighted by Gasteiger charge is -2.36. The molecule has 0 atom stereocenters. The third kappa shape index (κ3) is 3.96. The number of hydrogen-bond acceptors (Lipinski definition) is 4. The largest absolute Gasteiger partial charge is 0.417 e. The Kier molecular flexibility index (Phi) is 5.22. The summed E-state index contributed by atoms with van der Waals surface area (Å²) in [7, 11) is 0. The SMILES string of the molecule is O=C(C1CCN(c2ccc(C(F)(F)F)cn2)CC1)N1CCSCC1. The molecule has 2 aliphatic rings. The fraction of sp³-hybridized carbons (Fsp3) is 0.625. The highest BCUT2D eigenvalue weighted by Gasteiger charge is 2.32. The molecule has 1 amide bonds. The van der Waals surface area contributed by atoms with Crippen LogP contribution >= 0.6 is 11.8 Å². The molecule has 8 heteroatoms. The van der Waals surface area contributed by atoms with Crippen molar-refractivity contribution in [1.82, 2.24) is 9.88 Å². The van der Waals surface area contributed by atoms with Crippen molar-refractivity contribution in [3.8, 4) is 0 Å². The summed E-state index contributed by atoms with van der Waals surface area (Å²) in [6.45, 7) is 2.95. The van der Waals surface area contributed by atoms with Crippen molar-refractivity contribution in [3.63, 3.8) is 0 Å². The predicted octanol–water partition coefficient (Wildman–Crippen LogP) is 2.89. The molecule has 0 aromatic carbocycles. The Morgan fingerprint density at radius 1 is 1.12 bits per heavy atom. The number of carbonyl (C=O) groups excluding carboxylic acids is 1. The van der Waals surface area contributed by atoms with E-state index in [9.17, 15) is 18.0 Å². The number of aromatic nitrogens is 1. The molecule has 4 nitrogen and oxygen atoms in total. The molecule has 2 aliphatic heterocycles. The van der Waals surface area contributed by atoms with Crippen LogP contribution < -0.4 is 4.90 Å². The molecular weight excluding hydrogens is 339 g/mol. The first-order chi connectivity index (χ1) is 11.4. The number of anilines is 1. The summed E-state index contributed by atoms with van der Waals surface area (Å²) in [6.07, 6.45) is -2.04. The van der Waals surface area contributed by atoms with Crippen LogP contribution in [-0.4, -0.2) is 53.5 Å². The van der Waals surface area contributed by atoms with Gasteiger partial charge in [0, 0.05) is 49.8 Å². The summed E-state index contributed by atoms with van der Waals surface area (Å²) in [5.74, 6) is 2.80. The minimum atomic E-state index is -4.36. The second-order valence-corrected chi connectivity index (χ2v) is 7.33. The van der Waals surface area contributed by atoms with Crippen LogP contribution in [0, 0.1) is 5.92 Å². The van der Waals surface area contributed by atoms with Gasteiger partial charge in [-0.05, 0) is 25.0 Å². The summed E-state index contributed by atoms with van der Waals surface area (Å²) in [4.78, 5) is 20.4. The normalized spacial score (nSPS) is 20.3. The molecule has 2 fully saturated rings. The number of hydrogen-bond donors (Lipinski definition) is 0. The molecule has 132 valence electrons. The molecule has 0 spiro atoms. The van der Waals surface area contributed by atoms with E-state index >= 15 is 0 Å². The zero-order chi connectivity index (χ0) is 17.2. The Balaban J connectivity index is 1.55. The Bertz CT molecular complexity index is 565. The number of rotatable bonds is 2. The number of halogens is 3. The van der Waals surface area contributed by atoms with E-state index in [4.69, 9.17) is 0 Å². The van der Waals surface area contributed by atoms with Crippen LogP contribution in [0.1, 0.15) is 18.4 Å². The van der Waals surface area contributed by atoms with Crippen molar-refractivity contribution in [2.45, 2.75) is 19.0 Å². The van der Waals surface area contributed by atoms with Gasteiger partial charge in [0.25, 0.3) is 0 Å². The molecule has 0 bridgehead atoms. The lowest BCUT2D eigenvalue weighted by Crippen LogP contribution is -2.45. The van der Waals surface area contributed by atoms with Gasteiger partial charge in [0.2, 0.25) is 5.91 Å². The maximum Gasteiger partial charge on any atom is 0.417 e. The number of nitrogens with zero attached hydrogens (tertiary/aromatic N) is 3. The number of alkyl halides is 3. The summed E-state index contributed by atoms with van der Waals surface area (Å²) in [5, 5.41) is 0. The molecule has 0 unspecified atom stereocenters. The quantitative estimate of drug-likeness (QED) is 0.814. The van der Waals surface area contributed by atoms with Gasteiger partial charge in [-0.15, -0.1) is 0 Å². The summed E-state index contributed by atoms with van der Waals surface area (Å²) < 4.78 is 37.7. The van der Waals surface area contributed by atoms with Crippen molar-refractivity contribution in [1.29, 1.82) is 0 Å². The van der Waals surface area contributed by atoms with Crippen molar-refractivity contribution in [2.24, 2.45) is 5.92 Å². The van der Waals surface area contributed by atoms with Crippen molar-refractivity contribution in [3.05, 3.63) is 23.9 Å². The Hall–Kier alpha value is -1.44. The van der Waals surface area contributed by atoms with Crippen molar-refractivity contribution in [2.75, 3.05) is 42.6 Å². The smallest absolute Gasteiger partial charge is 0.357 e. The monoisotopic (exact) mass is 359 g/mol. The zero-order valence-corrected chi connectivity index (χ0v) is 14.1. The average molecular weight is 359 g/mol. The standard InChI is InChI=1S/C16H20F3N3OS/c17-16(18,19)13-1-2-14(20-11-13)21-5-3-12(4-6-21)15(23)22-7-9-24-10-8-22/h1-2,11-12H,3-10H2. The van der Waals surface area contributed by atoms with Crippen LogP contribution in [0.25, 0.3) is 0 Å². The first-order valence-electron chi connectivity index (χ1n) is 8.10. The number of pyridine rings is 1. The number of piperidine rings is 1. The minimum absolute atomic E-state index is 0.0267. The molecule has 0 aliphatic carbocycles. The van der Waals surface area contributed by atoms with Crippen LogP contribution in [0.3, 0.4) is 0 Å². The number of carbonyl (C=O) groups is 1. The highest BCUT2D eigenvalue weighted by molar-refractivity contribution is 7.99. The van der Waals surface area contributed by atoms with Gasteiger partial charge < -0.3 is 9.80 Å². The Morgan fingerprint density at radius 3 is 2.33 bits per heavy atom. The van der Waals surface area contributed by atoms with E-state index in [-0.39, 0.29) is 11.8 Å². The molecule has 0 N–H and O–H groups in total. The lowest BCUT2D eigenvalue weighted by atomic mass is 9.95. The topological polar surface area (TPSA) is 36.4 Å². The predicted molar refractivity (Wildman–Crippen MR) is 88.1 cm³/mol. The van der Waals surface area contributed by atoms with Gasteiger partial charge in [0.05, 0.1) is 5.56 Å². The van der Waals surface area contributed by atoms with E-state index in [1.807, 2.05) is 21.6 Å². The first-order valence-corrected chi connectivity index (χ1v) is 9.25. The second kappa shape index (κ2) is 7.21. The maximum absolute atomic E-state index is 12.6. The molecular formula is C16H20F3N3OS. The Labute approximate surface area is 143 Å². The van der Waals surface area contributed by atoms with Gasteiger partial charge in [-0.3, -0.25) is 4.79 Å². The van der Waals surface area contributed by atoms with Crippen LogP contribution in [0.15, 0.2) is 18.3 Å². The molecule has 3 heterocycles. The number of thioether (sulfide) groups is 1. The van der Waals surface area contributed by atoms with Gasteiger partial charge in [-0.25, -0.2) is 4.98 Å². The fourth-order valence-electron chi connectivity index (χ4n) is 3.14. The van der Waals surface area contributed by atoms with Crippen LogP contribution in [0.5, 0.6) is 0 Å². The van der Waals surface area contributed by atoms with Crippen LogP contribution in [0.2, 0.25) is 0 Å². The summed E-state index contributed by atoms with van der Waals surface area (Å²) in [5.41, 5.74) is -0.737. The summed E-state index contributed by atoms with van der Waals surface area (Å²) in [6, 6.07) is 2.47. The van der Waals surface area contributed by atoms with E-state index in [1.165, 1.54) is 6.07 Å². The molecule has 1 aromatic rings. The van der Waals surface area contributed by atoms with E-state index in [1.54, 1.807) is 0 Å². The van der Waals surface area contributed by atoms with Gasteiger partial charge in [0.1, 0.15) is 5.82 Å². The number of amides is 1. The van der Waals surface area contributed by atoms with E-state index in [0.29, 0.717) is 18.9 Å². The first kappa shape index (κ1) is 17.4. The fourth-order valence-corrected chi connectivity index (χ4v) is 4.04. The van der Waals surface area contributed by atoms with E-state index < -0.39 is 11.7 Å². The average Bonchev–Trinajstić information content (AvgIpc) is 2.61. The second-order valence-electron chi connectivity index (χ2n) is 6.10. The van der Waals surface area contributed by atoms with Crippen LogP contribution in [-0.2, 0) is 11.0 Å². The van der Waals surface area contributed by atoms with Gasteiger partial charge in [-0.1, -0.05) is 0 Å². The van der Waals surface area contributed by atoms with Crippen LogP contribution in [0.4, 0.5) is 19.0 Å². The van der Waals surface area contributed by atoms with Crippen molar-refractivity contribution < 1.29 is 18.0 Å². The molecule has 2 saturated heterocycles. The maximum atomic E-state index is 12.6. The van der Waals surface area contributed by atoms with Gasteiger partial charge >= 0.3 is 6.18 Å². The molecule has 3 rings (SSSR count). The third-order valence-electron chi connectivity index (χ3n) is 4.57. The van der Waals surface area contributed by atoms with Crippen molar-refractivity contribution >= 4 is 23.5 Å². The van der Waals surface area contributed by atoms with E-state index in [2.05, 4.69) is 4.98 Å². The van der Waals surface area contributed by atoms with Gasteiger partial charge in [0.15, 0.2) is 0 Å². The Morgan fingerprint density at radius 2 is 1.79 bits per heavy atom. The molecule has 1 aromatic heterocycles. The zero-order valence-electron chi connectivity index (χ0n) is 13.3. The lowest BCUT2D eigenvalue weighted by molar-refractivity contribution is -0.138. The summed E-state index contributed by atoms with van der Waals surface area (Å²) >= 11 is 1.87. The minimum Gasteiger partial charge on any atom is -0.357 e. The van der Waals surface area contributed by atoms with Gasteiger partial charge in [-0.2, -0.15) is 24.9 Å². The molecule has 0 radical (unpaired) electrons. The highest BCUT2D eigenvalue weighted by Crippen LogP contribution is 2.30. The highest BCUT2D eigenvalue weighted by atomic mass is 32.2. The molecule has 24 heavy (non-hydrogen) atoms. The molecule has 0 saturated carbocycles.